The number of hydrogen-bond donors (Lipinski definition) is 0. The Labute approximate surface area is 98.6 Å². The van der Waals surface area contributed by atoms with Crippen molar-refractivity contribution in [2.24, 2.45) is 5.16 Å². The van der Waals surface area contributed by atoms with Crippen LogP contribution in [0, 0.1) is 5.95 Å². The molecule has 0 amide bonds. The SMILES string of the molecule is C/C(=N\Oc1cccc(F)n1)c1ccccc1. The summed E-state index contributed by atoms with van der Waals surface area (Å²) in [6.45, 7) is 1.81. The van der Waals surface area contributed by atoms with E-state index in [1.54, 1.807) is 6.07 Å². The standard InChI is InChI=1S/C13H11FN2O/c1-10(11-6-3-2-4-7-11)16-17-13-9-5-8-12(14)15-13/h2-9H,1H3/b16-10+. The van der Waals surface area contributed by atoms with E-state index in [4.69, 9.17) is 4.84 Å². The summed E-state index contributed by atoms with van der Waals surface area (Å²) in [5.41, 5.74) is 1.65. The van der Waals surface area contributed by atoms with Crippen molar-refractivity contribution < 1.29 is 9.23 Å². The number of benzene rings is 1. The minimum absolute atomic E-state index is 0.139. The van der Waals surface area contributed by atoms with Crippen LogP contribution in [-0.2, 0) is 0 Å². The van der Waals surface area contributed by atoms with Gasteiger partial charge in [-0.15, -0.1) is 0 Å². The molecule has 0 fully saturated rings. The topological polar surface area (TPSA) is 34.5 Å². The van der Waals surface area contributed by atoms with Crippen LogP contribution in [0.5, 0.6) is 5.88 Å². The third-order valence-electron chi connectivity index (χ3n) is 2.16. The first-order valence-electron chi connectivity index (χ1n) is 5.15. The molecule has 0 N–H and O–H groups in total. The third-order valence-corrected chi connectivity index (χ3v) is 2.16. The van der Waals surface area contributed by atoms with Gasteiger partial charge in [0.15, 0.2) is 0 Å². The molecule has 0 aliphatic carbocycles. The Kier molecular flexibility index (Phi) is 3.45. The van der Waals surface area contributed by atoms with E-state index in [-0.39, 0.29) is 5.88 Å². The smallest absolute Gasteiger partial charge is 0.251 e. The van der Waals surface area contributed by atoms with E-state index in [0.29, 0.717) is 5.71 Å². The molecule has 0 saturated heterocycles. The molecule has 0 atom stereocenters. The zero-order valence-corrected chi connectivity index (χ0v) is 9.30. The summed E-state index contributed by atoms with van der Waals surface area (Å²) < 4.78 is 12.8. The number of pyridine rings is 1. The zero-order valence-electron chi connectivity index (χ0n) is 9.30. The number of rotatable bonds is 3. The Bertz CT molecular complexity index is 526. The van der Waals surface area contributed by atoms with Crippen LogP contribution in [-0.4, -0.2) is 10.7 Å². The molecule has 86 valence electrons. The van der Waals surface area contributed by atoms with Gasteiger partial charge < -0.3 is 4.84 Å². The Morgan fingerprint density at radius 2 is 1.88 bits per heavy atom. The van der Waals surface area contributed by atoms with Crippen LogP contribution in [0.15, 0.2) is 53.7 Å². The molecule has 17 heavy (non-hydrogen) atoms. The molecule has 1 heterocycles. The second-order valence-electron chi connectivity index (χ2n) is 3.43. The second kappa shape index (κ2) is 5.21. The van der Waals surface area contributed by atoms with Crippen molar-refractivity contribution in [3.63, 3.8) is 0 Å². The highest BCUT2D eigenvalue weighted by Gasteiger charge is 1.99. The maximum absolute atomic E-state index is 12.8. The Balaban J connectivity index is 2.11. The minimum Gasteiger partial charge on any atom is -0.336 e. The van der Waals surface area contributed by atoms with Crippen LogP contribution in [0.3, 0.4) is 0 Å². The van der Waals surface area contributed by atoms with Crippen LogP contribution in [0.25, 0.3) is 0 Å². The van der Waals surface area contributed by atoms with Crippen molar-refractivity contribution in [3.05, 3.63) is 60.0 Å². The summed E-state index contributed by atoms with van der Waals surface area (Å²) in [5.74, 6) is -0.449. The molecular formula is C13H11FN2O. The second-order valence-corrected chi connectivity index (χ2v) is 3.43. The molecule has 2 aromatic rings. The molecule has 0 aliphatic heterocycles. The Morgan fingerprint density at radius 3 is 2.59 bits per heavy atom. The third kappa shape index (κ3) is 3.11. The van der Waals surface area contributed by atoms with Gasteiger partial charge in [-0.1, -0.05) is 41.6 Å². The van der Waals surface area contributed by atoms with Crippen molar-refractivity contribution in [2.45, 2.75) is 6.92 Å². The summed E-state index contributed by atoms with van der Waals surface area (Å²) >= 11 is 0. The van der Waals surface area contributed by atoms with E-state index >= 15 is 0 Å². The summed E-state index contributed by atoms with van der Waals surface area (Å²) in [6.07, 6.45) is 0. The largest absolute Gasteiger partial charge is 0.336 e. The first-order valence-corrected chi connectivity index (χ1v) is 5.15. The lowest BCUT2D eigenvalue weighted by molar-refractivity contribution is 0.321. The van der Waals surface area contributed by atoms with Crippen molar-refractivity contribution >= 4 is 5.71 Å². The summed E-state index contributed by atoms with van der Waals surface area (Å²) in [5, 5.41) is 3.89. The van der Waals surface area contributed by atoms with Crippen molar-refractivity contribution in [3.8, 4) is 5.88 Å². The van der Waals surface area contributed by atoms with Crippen LogP contribution in [0.1, 0.15) is 12.5 Å². The molecule has 0 bridgehead atoms. The first kappa shape index (κ1) is 11.3. The van der Waals surface area contributed by atoms with Gasteiger partial charge in [0.2, 0.25) is 5.95 Å². The van der Waals surface area contributed by atoms with Crippen molar-refractivity contribution in [2.75, 3.05) is 0 Å². The summed E-state index contributed by atoms with van der Waals surface area (Å²) in [7, 11) is 0. The van der Waals surface area contributed by atoms with Gasteiger partial charge in [-0.3, -0.25) is 0 Å². The van der Waals surface area contributed by atoms with Crippen molar-refractivity contribution in [1.82, 2.24) is 4.98 Å². The van der Waals surface area contributed by atoms with Gasteiger partial charge in [0.05, 0.1) is 5.71 Å². The van der Waals surface area contributed by atoms with Crippen LogP contribution >= 0.6 is 0 Å². The lowest BCUT2D eigenvalue weighted by atomic mass is 10.1. The van der Waals surface area contributed by atoms with Crippen LogP contribution < -0.4 is 4.84 Å². The molecule has 1 aromatic carbocycles. The van der Waals surface area contributed by atoms with E-state index in [1.807, 2.05) is 37.3 Å². The predicted molar refractivity (Wildman–Crippen MR) is 63.5 cm³/mol. The van der Waals surface area contributed by atoms with Gasteiger partial charge in [0.25, 0.3) is 5.88 Å². The Hall–Kier alpha value is -2.23. The highest BCUT2D eigenvalue weighted by atomic mass is 19.1. The fraction of sp³-hybridized carbons (Fsp3) is 0.0769. The summed E-state index contributed by atoms with van der Waals surface area (Å²) in [4.78, 5) is 8.58. The summed E-state index contributed by atoms with van der Waals surface area (Å²) in [6, 6.07) is 13.9. The van der Waals surface area contributed by atoms with Gasteiger partial charge in [-0.25, -0.2) is 0 Å². The Morgan fingerprint density at radius 1 is 1.12 bits per heavy atom. The number of nitrogens with zero attached hydrogens (tertiary/aromatic N) is 2. The van der Waals surface area contributed by atoms with E-state index in [0.717, 1.165) is 5.56 Å². The molecule has 0 unspecified atom stereocenters. The minimum atomic E-state index is -0.588. The molecule has 0 spiro atoms. The van der Waals surface area contributed by atoms with Gasteiger partial charge >= 0.3 is 0 Å². The zero-order chi connectivity index (χ0) is 12.1. The van der Waals surface area contributed by atoms with Gasteiger partial charge in [0.1, 0.15) is 0 Å². The lowest BCUT2D eigenvalue weighted by Crippen LogP contribution is -1.98. The monoisotopic (exact) mass is 230 g/mol. The van der Waals surface area contributed by atoms with Gasteiger partial charge in [0, 0.05) is 6.07 Å². The van der Waals surface area contributed by atoms with E-state index < -0.39 is 5.95 Å². The molecule has 1 aromatic heterocycles. The first-order chi connectivity index (χ1) is 8.25. The average molecular weight is 230 g/mol. The molecule has 0 saturated carbocycles. The normalized spacial score (nSPS) is 11.3. The molecule has 2 rings (SSSR count). The molecular weight excluding hydrogens is 219 g/mol. The van der Waals surface area contributed by atoms with E-state index in [1.165, 1.54) is 12.1 Å². The fourth-order valence-corrected chi connectivity index (χ4v) is 1.29. The van der Waals surface area contributed by atoms with Crippen LogP contribution in [0.2, 0.25) is 0 Å². The van der Waals surface area contributed by atoms with Crippen molar-refractivity contribution in [1.29, 1.82) is 0 Å². The maximum atomic E-state index is 12.8. The van der Waals surface area contributed by atoms with Gasteiger partial charge in [-0.05, 0) is 18.6 Å². The number of oxime groups is 1. The maximum Gasteiger partial charge on any atom is 0.251 e. The van der Waals surface area contributed by atoms with Crippen LogP contribution in [0.4, 0.5) is 4.39 Å². The lowest BCUT2D eigenvalue weighted by Gasteiger charge is -2.00. The van der Waals surface area contributed by atoms with E-state index in [9.17, 15) is 4.39 Å². The average Bonchev–Trinajstić information content (AvgIpc) is 2.37. The van der Waals surface area contributed by atoms with E-state index in [2.05, 4.69) is 10.1 Å². The molecule has 4 heteroatoms. The quantitative estimate of drug-likeness (QED) is 0.461. The highest BCUT2D eigenvalue weighted by molar-refractivity contribution is 5.98. The predicted octanol–water partition coefficient (Wildman–Crippen LogP) is 3.02. The number of halogens is 1. The molecule has 3 nitrogen and oxygen atoms in total. The van der Waals surface area contributed by atoms with Gasteiger partial charge in [-0.2, -0.15) is 9.37 Å². The molecule has 0 radical (unpaired) electrons. The fourth-order valence-electron chi connectivity index (χ4n) is 1.29. The number of aromatic nitrogens is 1. The highest BCUT2D eigenvalue weighted by Crippen LogP contribution is 2.08. The number of hydrogen-bond acceptors (Lipinski definition) is 3. The molecule has 0 aliphatic rings.